The second-order valence-electron chi connectivity index (χ2n) is 2.81. The lowest BCUT2D eigenvalue weighted by Gasteiger charge is -2.05. The molecule has 62 valence electrons. The van der Waals surface area contributed by atoms with Crippen LogP contribution in [0.5, 0.6) is 0 Å². The maximum absolute atomic E-state index is 3.37. The van der Waals surface area contributed by atoms with E-state index in [2.05, 4.69) is 58.2 Å². The molecule has 1 aliphatic heterocycles. The lowest BCUT2D eigenvalue weighted by molar-refractivity contribution is 0.927. The van der Waals surface area contributed by atoms with Gasteiger partial charge in [-0.25, -0.2) is 0 Å². The first-order chi connectivity index (χ1) is 5.88. The van der Waals surface area contributed by atoms with Gasteiger partial charge in [-0.15, -0.1) is 0 Å². The second kappa shape index (κ2) is 3.47. The van der Waals surface area contributed by atoms with Crippen molar-refractivity contribution in [3.05, 3.63) is 39.5 Å². The molecule has 0 atom stereocenters. The minimum atomic E-state index is 1.08. The van der Waals surface area contributed by atoms with Gasteiger partial charge in [-0.1, -0.05) is 24.3 Å². The van der Waals surface area contributed by atoms with E-state index < -0.39 is 0 Å². The van der Waals surface area contributed by atoms with Crippen molar-refractivity contribution in [3.8, 4) is 0 Å². The van der Waals surface area contributed by atoms with Gasteiger partial charge in [-0.3, -0.25) is 0 Å². The van der Waals surface area contributed by atoms with E-state index in [1.54, 1.807) is 0 Å². The van der Waals surface area contributed by atoms with E-state index in [-0.39, 0.29) is 0 Å². The number of halogens is 1. The molecule has 0 aliphatic carbocycles. The molecular weight excluding hydrogens is 261 g/mol. The molecule has 0 unspecified atom stereocenters. The van der Waals surface area contributed by atoms with Gasteiger partial charge in [0.05, 0.1) is 0 Å². The Morgan fingerprint density at radius 3 is 2.75 bits per heavy atom. The van der Waals surface area contributed by atoms with Crippen LogP contribution in [-0.4, -0.2) is 6.54 Å². The topological polar surface area (TPSA) is 12.0 Å². The van der Waals surface area contributed by atoms with E-state index in [4.69, 9.17) is 0 Å². The van der Waals surface area contributed by atoms with Gasteiger partial charge in [0, 0.05) is 21.4 Å². The highest BCUT2D eigenvalue weighted by atomic mass is 127. The maximum Gasteiger partial charge on any atom is 0.0384 e. The Labute approximate surface area is 86.0 Å². The molecule has 0 spiro atoms. The van der Waals surface area contributed by atoms with Crippen LogP contribution in [-0.2, 0) is 0 Å². The lowest BCUT2D eigenvalue weighted by Crippen LogP contribution is -2.06. The van der Waals surface area contributed by atoms with Gasteiger partial charge < -0.3 is 5.32 Å². The highest BCUT2D eigenvalue weighted by molar-refractivity contribution is 14.1. The molecule has 0 saturated carbocycles. The summed E-state index contributed by atoms with van der Waals surface area (Å²) in [5.74, 6) is 0. The number of benzene rings is 1. The van der Waals surface area contributed by atoms with Crippen molar-refractivity contribution in [1.82, 2.24) is 5.32 Å². The number of rotatable bonds is 1. The van der Waals surface area contributed by atoms with E-state index in [1.165, 1.54) is 14.8 Å². The zero-order chi connectivity index (χ0) is 8.39. The third kappa shape index (κ3) is 1.48. The fourth-order valence-corrected chi connectivity index (χ4v) is 2.06. The molecule has 1 aromatic carbocycles. The summed E-state index contributed by atoms with van der Waals surface area (Å²) < 4.78 is 1.32. The standard InChI is InChI=1S/C10H10IN/c11-9-5-2-1-4-8(9)10-6-3-7-12-10/h1-2,4-6,12H,3,7H2. The van der Waals surface area contributed by atoms with Gasteiger partial charge in [-0.05, 0) is 35.1 Å². The van der Waals surface area contributed by atoms with E-state index in [0.717, 1.165) is 13.0 Å². The van der Waals surface area contributed by atoms with Crippen LogP contribution >= 0.6 is 22.6 Å². The number of hydrogen-bond acceptors (Lipinski definition) is 1. The predicted molar refractivity (Wildman–Crippen MR) is 59.8 cm³/mol. The quantitative estimate of drug-likeness (QED) is 0.774. The van der Waals surface area contributed by atoms with Crippen molar-refractivity contribution in [2.45, 2.75) is 6.42 Å². The Balaban J connectivity index is 2.39. The van der Waals surface area contributed by atoms with Crippen LogP contribution in [0.3, 0.4) is 0 Å². The molecule has 0 saturated heterocycles. The molecule has 1 nitrogen and oxygen atoms in total. The molecule has 12 heavy (non-hydrogen) atoms. The average Bonchev–Trinajstić information content (AvgIpc) is 2.57. The van der Waals surface area contributed by atoms with Gasteiger partial charge in [0.25, 0.3) is 0 Å². The van der Waals surface area contributed by atoms with Crippen molar-refractivity contribution in [3.63, 3.8) is 0 Å². The minimum absolute atomic E-state index is 1.08. The van der Waals surface area contributed by atoms with Crippen LogP contribution in [0.4, 0.5) is 0 Å². The first kappa shape index (κ1) is 8.10. The molecule has 2 heteroatoms. The Morgan fingerprint density at radius 2 is 2.08 bits per heavy atom. The largest absolute Gasteiger partial charge is 0.384 e. The molecule has 1 heterocycles. The summed E-state index contributed by atoms with van der Waals surface area (Å²) in [4.78, 5) is 0. The second-order valence-corrected chi connectivity index (χ2v) is 3.98. The Hall–Kier alpha value is -0.510. The zero-order valence-electron chi connectivity index (χ0n) is 6.68. The third-order valence-corrected chi connectivity index (χ3v) is 2.91. The predicted octanol–water partition coefficient (Wildman–Crippen LogP) is 2.63. The van der Waals surface area contributed by atoms with E-state index in [9.17, 15) is 0 Å². The van der Waals surface area contributed by atoms with Gasteiger partial charge in [0.2, 0.25) is 0 Å². The summed E-state index contributed by atoms with van der Waals surface area (Å²) in [6, 6.07) is 8.45. The molecule has 1 aromatic rings. The summed E-state index contributed by atoms with van der Waals surface area (Å²) in [5, 5.41) is 3.37. The molecule has 0 bridgehead atoms. The van der Waals surface area contributed by atoms with Crippen molar-refractivity contribution in [2.75, 3.05) is 6.54 Å². The minimum Gasteiger partial charge on any atom is -0.384 e. The van der Waals surface area contributed by atoms with Crippen LogP contribution in [0, 0.1) is 3.57 Å². The summed E-state index contributed by atoms with van der Waals surface area (Å²) in [5.41, 5.74) is 2.62. The van der Waals surface area contributed by atoms with E-state index in [1.807, 2.05) is 0 Å². The SMILES string of the molecule is Ic1ccccc1C1=CCCN1. The molecule has 0 amide bonds. The van der Waals surface area contributed by atoms with E-state index in [0.29, 0.717) is 0 Å². The summed E-state index contributed by atoms with van der Waals surface area (Å²) in [6.07, 6.45) is 3.41. The van der Waals surface area contributed by atoms with Crippen LogP contribution in [0.25, 0.3) is 5.70 Å². The Bertz CT molecular complexity index is 317. The Morgan fingerprint density at radius 1 is 1.25 bits per heavy atom. The van der Waals surface area contributed by atoms with E-state index >= 15 is 0 Å². The van der Waals surface area contributed by atoms with Gasteiger partial charge in [0.1, 0.15) is 0 Å². The monoisotopic (exact) mass is 271 g/mol. The molecule has 0 aromatic heterocycles. The molecule has 0 fully saturated rings. The maximum atomic E-state index is 3.37. The number of hydrogen-bond donors (Lipinski definition) is 1. The van der Waals surface area contributed by atoms with Gasteiger partial charge in [-0.2, -0.15) is 0 Å². The first-order valence-electron chi connectivity index (χ1n) is 4.07. The normalized spacial score (nSPS) is 15.6. The summed E-state index contributed by atoms with van der Waals surface area (Å²) >= 11 is 2.37. The van der Waals surface area contributed by atoms with Crippen LogP contribution in [0.15, 0.2) is 30.3 Å². The van der Waals surface area contributed by atoms with Crippen LogP contribution in [0.1, 0.15) is 12.0 Å². The highest BCUT2D eigenvalue weighted by Crippen LogP contribution is 2.21. The number of nitrogens with one attached hydrogen (secondary N) is 1. The lowest BCUT2D eigenvalue weighted by atomic mass is 10.2. The smallest absolute Gasteiger partial charge is 0.0384 e. The molecule has 2 rings (SSSR count). The van der Waals surface area contributed by atoms with Gasteiger partial charge >= 0.3 is 0 Å². The molecule has 1 aliphatic rings. The average molecular weight is 271 g/mol. The summed E-state index contributed by atoms with van der Waals surface area (Å²) in [7, 11) is 0. The van der Waals surface area contributed by atoms with Crippen molar-refractivity contribution < 1.29 is 0 Å². The summed E-state index contributed by atoms with van der Waals surface area (Å²) in [6.45, 7) is 1.08. The molecule has 1 N–H and O–H groups in total. The van der Waals surface area contributed by atoms with Gasteiger partial charge in [0.15, 0.2) is 0 Å². The van der Waals surface area contributed by atoms with Crippen LogP contribution in [0.2, 0.25) is 0 Å². The van der Waals surface area contributed by atoms with Crippen molar-refractivity contribution >= 4 is 28.3 Å². The van der Waals surface area contributed by atoms with Crippen molar-refractivity contribution in [1.29, 1.82) is 0 Å². The first-order valence-corrected chi connectivity index (χ1v) is 5.15. The zero-order valence-corrected chi connectivity index (χ0v) is 8.84. The Kier molecular flexibility index (Phi) is 2.35. The fraction of sp³-hybridized carbons (Fsp3) is 0.200. The van der Waals surface area contributed by atoms with Crippen molar-refractivity contribution in [2.24, 2.45) is 0 Å². The fourth-order valence-electron chi connectivity index (χ4n) is 1.38. The van der Waals surface area contributed by atoms with Crippen LogP contribution < -0.4 is 5.32 Å². The molecule has 0 radical (unpaired) electrons. The molecular formula is C10H10IN. The third-order valence-electron chi connectivity index (χ3n) is 1.97. The highest BCUT2D eigenvalue weighted by Gasteiger charge is 2.07.